The standard InChI is InChI=1S/C11H11FO2/c12-10(11(13)14)8-4-7-9-5-2-1-3-6-9/h1-3,5-6,8H,4,7H2,(H,13,14)/b10-8-. The molecule has 0 spiro atoms. The van der Waals surface area contributed by atoms with E-state index in [1.807, 2.05) is 30.3 Å². The summed E-state index contributed by atoms with van der Waals surface area (Å²) in [4.78, 5) is 10.1. The second-order valence-corrected chi connectivity index (χ2v) is 2.88. The van der Waals surface area contributed by atoms with Crippen molar-refractivity contribution in [2.75, 3.05) is 0 Å². The summed E-state index contributed by atoms with van der Waals surface area (Å²) in [5.74, 6) is -2.58. The second-order valence-electron chi connectivity index (χ2n) is 2.88. The zero-order valence-electron chi connectivity index (χ0n) is 7.61. The molecule has 1 aromatic carbocycles. The minimum absolute atomic E-state index is 0.405. The van der Waals surface area contributed by atoms with E-state index >= 15 is 0 Å². The van der Waals surface area contributed by atoms with Crippen molar-refractivity contribution in [3.05, 3.63) is 47.8 Å². The molecule has 0 saturated heterocycles. The Kier molecular flexibility index (Phi) is 3.85. The second kappa shape index (κ2) is 5.17. The number of carboxylic acids is 1. The zero-order valence-corrected chi connectivity index (χ0v) is 7.61. The molecule has 0 aliphatic heterocycles. The first-order valence-corrected chi connectivity index (χ1v) is 4.33. The normalized spacial score (nSPS) is 11.4. The molecule has 3 heteroatoms. The van der Waals surface area contributed by atoms with Crippen LogP contribution in [0.1, 0.15) is 12.0 Å². The molecule has 0 saturated carbocycles. The van der Waals surface area contributed by atoms with Crippen LogP contribution in [0.3, 0.4) is 0 Å². The molecule has 0 amide bonds. The molecule has 2 nitrogen and oxygen atoms in total. The van der Waals surface area contributed by atoms with Crippen LogP contribution < -0.4 is 0 Å². The third-order valence-corrected chi connectivity index (χ3v) is 1.80. The minimum Gasteiger partial charge on any atom is -0.476 e. The van der Waals surface area contributed by atoms with Crippen LogP contribution >= 0.6 is 0 Å². The highest BCUT2D eigenvalue weighted by molar-refractivity contribution is 5.83. The van der Waals surface area contributed by atoms with E-state index in [1.54, 1.807) is 0 Å². The van der Waals surface area contributed by atoms with E-state index in [0.29, 0.717) is 12.8 Å². The average molecular weight is 194 g/mol. The van der Waals surface area contributed by atoms with Crippen molar-refractivity contribution < 1.29 is 14.3 Å². The van der Waals surface area contributed by atoms with Gasteiger partial charge in [0.2, 0.25) is 5.83 Å². The van der Waals surface area contributed by atoms with Crippen molar-refractivity contribution in [2.24, 2.45) is 0 Å². The quantitative estimate of drug-likeness (QED) is 0.748. The lowest BCUT2D eigenvalue weighted by molar-refractivity contribution is -0.134. The summed E-state index contributed by atoms with van der Waals surface area (Å²) in [6, 6.07) is 9.54. The molecule has 0 heterocycles. The van der Waals surface area contributed by atoms with E-state index in [2.05, 4.69) is 0 Å². The lowest BCUT2D eigenvalue weighted by atomic mass is 10.1. The number of aliphatic carboxylic acids is 1. The molecule has 14 heavy (non-hydrogen) atoms. The molecule has 1 N–H and O–H groups in total. The van der Waals surface area contributed by atoms with E-state index < -0.39 is 11.8 Å². The van der Waals surface area contributed by atoms with Crippen LogP contribution in [0.25, 0.3) is 0 Å². The maximum atomic E-state index is 12.5. The Morgan fingerprint density at radius 3 is 2.57 bits per heavy atom. The van der Waals surface area contributed by atoms with Gasteiger partial charge in [0.25, 0.3) is 0 Å². The van der Waals surface area contributed by atoms with Gasteiger partial charge >= 0.3 is 5.97 Å². The maximum absolute atomic E-state index is 12.5. The molecule has 0 unspecified atom stereocenters. The fraction of sp³-hybridized carbons (Fsp3) is 0.182. The molecular weight excluding hydrogens is 183 g/mol. The Morgan fingerprint density at radius 1 is 1.36 bits per heavy atom. The number of rotatable bonds is 4. The number of hydrogen-bond acceptors (Lipinski definition) is 1. The van der Waals surface area contributed by atoms with Gasteiger partial charge in [0.1, 0.15) is 0 Å². The summed E-state index contributed by atoms with van der Waals surface area (Å²) in [7, 11) is 0. The molecule has 0 radical (unpaired) electrons. The number of benzene rings is 1. The van der Waals surface area contributed by atoms with Gasteiger partial charge in [-0.3, -0.25) is 0 Å². The first kappa shape index (κ1) is 10.4. The van der Waals surface area contributed by atoms with Gasteiger partial charge in [-0.2, -0.15) is 4.39 Å². The maximum Gasteiger partial charge on any atom is 0.364 e. The summed E-state index contributed by atoms with van der Waals surface area (Å²) in [6.07, 6.45) is 2.15. The van der Waals surface area contributed by atoms with Gasteiger partial charge in [0.15, 0.2) is 0 Å². The Morgan fingerprint density at radius 2 is 2.00 bits per heavy atom. The Balaban J connectivity index is 2.43. The van der Waals surface area contributed by atoms with Crippen LogP contribution in [0, 0.1) is 0 Å². The van der Waals surface area contributed by atoms with E-state index in [-0.39, 0.29) is 0 Å². The molecule has 0 bridgehead atoms. The fourth-order valence-electron chi connectivity index (χ4n) is 1.10. The minimum atomic E-state index is -1.50. The summed E-state index contributed by atoms with van der Waals surface area (Å²) < 4.78 is 12.5. The fourth-order valence-corrected chi connectivity index (χ4v) is 1.10. The van der Waals surface area contributed by atoms with E-state index in [9.17, 15) is 9.18 Å². The van der Waals surface area contributed by atoms with Gasteiger partial charge in [-0.25, -0.2) is 4.79 Å². The molecule has 0 aliphatic rings. The highest BCUT2D eigenvalue weighted by Crippen LogP contribution is 2.05. The predicted octanol–water partition coefficient (Wildman–Crippen LogP) is 2.56. The van der Waals surface area contributed by atoms with Crippen molar-refractivity contribution in [3.8, 4) is 0 Å². The van der Waals surface area contributed by atoms with Crippen LogP contribution in [0.5, 0.6) is 0 Å². The first-order valence-electron chi connectivity index (χ1n) is 4.33. The number of carboxylic acid groups (broad SMARTS) is 1. The molecule has 0 aromatic heterocycles. The highest BCUT2D eigenvalue weighted by atomic mass is 19.1. The molecule has 1 aromatic rings. The number of hydrogen-bond donors (Lipinski definition) is 1. The van der Waals surface area contributed by atoms with Gasteiger partial charge in [0, 0.05) is 0 Å². The Bertz CT molecular complexity index is 330. The summed E-state index contributed by atoms with van der Waals surface area (Å²) in [6.45, 7) is 0. The Labute approximate surface area is 81.7 Å². The zero-order chi connectivity index (χ0) is 10.4. The van der Waals surface area contributed by atoms with Gasteiger partial charge in [-0.1, -0.05) is 30.3 Å². The van der Waals surface area contributed by atoms with Crippen molar-refractivity contribution in [1.29, 1.82) is 0 Å². The van der Waals surface area contributed by atoms with E-state index in [0.717, 1.165) is 11.6 Å². The topological polar surface area (TPSA) is 37.3 Å². The number of aryl methyl sites for hydroxylation is 1. The van der Waals surface area contributed by atoms with E-state index in [1.165, 1.54) is 0 Å². The lowest BCUT2D eigenvalue weighted by Crippen LogP contribution is -1.94. The number of allylic oxidation sites excluding steroid dienone is 1. The number of halogens is 1. The summed E-state index contributed by atoms with van der Waals surface area (Å²) in [5.41, 5.74) is 1.07. The molecule has 1 rings (SSSR count). The SMILES string of the molecule is O=C(O)/C(F)=C/CCc1ccccc1. The highest BCUT2D eigenvalue weighted by Gasteiger charge is 2.03. The van der Waals surface area contributed by atoms with Crippen LogP contribution in [-0.4, -0.2) is 11.1 Å². The third kappa shape index (κ3) is 3.39. The van der Waals surface area contributed by atoms with Crippen molar-refractivity contribution in [3.63, 3.8) is 0 Å². The van der Waals surface area contributed by atoms with E-state index in [4.69, 9.17) is 5.11 Å². The largest absolute Gasteiger partial charge is 0.476 e. The van der Waals surface area contributed by atoms with Crippen LogP contribution in [0.2, 0.25) is 0 Å². The monoisotopic (exact) mass is 194 g/mol. The first-order chi connectivity index (χ1) is 6.70. The van der Waals surface area contributed by atoms with Crippen molar-refractivity contribution in [2.45, 2.75) is 12.8 Å². The van der Waals surface area contributed by atoms with Gasteiger partial charge in [-0.15, -0.1) is 0 Å². The van der Waals surface area contributed by atoms with Crippen LogP contribution in [0.4, 0.5) is 4.39 Å². The smallest absolute Gasteiger partial charge is 0.364 e. The third-order valence-electron chi connectivity index (χ3n) is 1.80. The molecule has 74 valence electrons. The molecular formula is C11H11FO2. The number of carbonyl (C=O) groups is 1. The van der Waals surface area contributed by atoms with Crippen molar-refractivity contribution >= 4 is 5.97 Å². The van der Waals surface area contributed by atoms with Crippen LogP contribution in [-0.2, 0) is 11.2 Å². The Hall–Kier alpha value is -1.64. The van der Waals surface area contributed by atoms with Crippen LogP contribution in [0.15, 0.2) is 42.2 Å². The average Bonchev–Trinajstić information content (AvgIpc) is 2.19. The lowest BCUT2D eigenvalue weighted by Gasteiger charge is -1.96. The summed E-state index contributed by atoms with van der Waals surface area (Å²) in [5, 5.41) is 8.24. The van der Waals surface area contributed by atoms with Gasteiger partial charge in [-0.05, 0) is 24.5 Å². The predicted molar refractivity (Wildman–Crippen MR) is 51.6 cm³/mol. The van der Waals surface area contributed by atoms with Gasteiger partial charge in [0.05, 0.1) is 0 Å². The van der Waals surface area contributed by atoms with Gasteiger partial charge < -0.3 is 5.11 Å². The van der Waals surface area contributed by atoms with Crippen molar-refractivity contribution in [1.82, 2.24) is 0 Å². The molecule has 0 aliphatic carbocycles. The summed E-state index contributed by atoms with van der Waals surface area (Å²) >= 11 is 0. The molecule has 0 atom stereocenters. The molecule has 0 fully saturated rings.